The monoisotopic (exact) mass is 315 g/mol. The molecule has 1 N–H and O–H groups in total. The Balaban J connectivity index is 1.62. The lowest BCUT2D eigenvalue weighted by Crippen LogP contribution is -2.46. The Hall–Kier alpha value is -2.11. The standard InChI is InChI=1S/C17H21N3O3/c21-15-10-14(16(22)18-15)20(12-7-8-12)17(23)13-6-3-9-19(13)11-4-1-2-5-11/h3,6,9,11-12,14H,1-2,4-5,7-8,10H2,(H,18,21,22)/t14-/m1/s1. The van der Waals surface area contributed by atoms with Gasteiger partial charge in [-0.05, 0) is 37.8 Å². The van der Waals surface area contributed by atoms with Crippen LogP contribution in [-0.4, -0.2) is 39.3 Å². The average molecular weight is 315 g/mol. The van der Waals surface area contributed by atoms with E-state index < -0.39 is 6.04 Å². The van der Waals surface area contributed by atoms with Gasteiger partial charge in [-0.1, -0.05) is 12.8 Å². The third-order valence-corrected chi connectivity index (χ3v) is 5.17. The molecule has 0 aromatic carbocycles. The predicted octanol–water partition coefficient (Wildman–Crippen LogP) is 1.62. The maximum absolute atomic E-state index is 13.1. The zero-order valence-corrected chi connectivity index (χ0v) is 13.0. The largest absolute Gasteiger partial charge is 0.340 e. The van der Waals surface area contributed by atoms with Gasteiger partial charge in [-0.25, -0.2) is 0 Å². The smallest absolute Gasteiger partial charge is 0.271 e. The molecule has 1 aliphatic heterocycles. The molecule has 2 heterocycles. The first kappa shape index (κ1) is 14.5. The van der Waals surface area contributed by atoms with Crippen LogP contribution in [0, 0.1) is 0 Å². The van der Waals surface area contributed by atoms with E-state index in [4.69, 9.17) is 0 Å². The van der Waals surface area contributed by atoms with Crippen LogP contribution >= 0.6 is 0 Å². The number of hydrogen-bond donors (Lipinski definition) is 1. The molecule has 122 valence electrons. The average Bonchev–Trinajstić information content (AvgIpc) is 2.94. The van der Waals surface area contributed by atoms with E-state index in [9.17, 15) is 14.4 Å². The first-order chi connectivity index (χ1) is 11.1. The van der Waals surface area contributed by atoms with E-state index in [-0.39, 0.29) is 30.2 Å². The van der Waals surface area contributed by atoms with E-state index in [1.165, 1.54) is 12.8 Å². The molecule has 0 unspecified atom stereocenters. The van der Waals surface area contributed by atoms with Gasteiger partial charge < -0.3 is 9.47 Å². The molecular weight excluding hydrogens is 294 g/mol. The Bertz CT molecular complexity index is 656. The molecule has 4 rings (SSSR count). The van der Waals surface area contributed by atoms with Gasteiger partial charge in [0.2, 0.25) is 11.8 Å². The number of nitrogens with zero attached hydrogens (tertiary/aromatic N) is 2. The first-order valence-corrected chi connectivity index (χ1v) is 8.48. The molecule has 1 aromatic rings. The molecule has 1 aromatic heterocycles. The van der Waals surface area contributed by atoms with Gasteiger partial charge in [0.15, 0.2) is 0 Å². The molecule has 1 saturated heterocycles. The van der Waals surface area contributed by atoms with Crippen LogP contribution in [0.5, 0.6) is 0 Å². The van der Waals surface area contributed by atoms with Crippen molar-refractivity contribution in [3.05, 3.63) is 24.0 Å². The van der Waals surface area contributed by atoms with E-state index in [2.05, 4.69) is 9.88 Å². The van der Waals surface area contributed by atoms with E-state index in [1.54, 1.807) is 4.90 Å². The highest BCUT2D eigenvalue weighted by molar-refractivity contribution is 6.08. The highest BCUT2D eigenvalue weighted by atomic mass is 16.2. The van der Waals surface area contributed by atoms with Crippen LogP contribution in [0.25, 0.3) is 0 Å². The summed E-state index contributed by atoms with van der Waals surface area (Å²) in [5.74, 6) is -0.738. The fourth-order valence-electron chi connectivity index (χ4n) is 3.89. The zero-order chi connectivity index (χ0) is 16.0. The third-order valence-electron chi connectivity index (χ3n) is 5.17. The molecule has 2 aliphatic carbocycles. The molecule has 2 saturated carbocycles. The number of hydrogen-bond acceptors (Lipinski definition) is 3. The Labute approximate surface area is 134 Å². The number of rotatable bonds is 4. The van der Waals surface area contributed by atoms with E-state index in [0.29, 0.717) is 11.7 Å². The minimum Gasteiger partial charge on any atom is -0.340 e. The highest BCUT2D eigenvalue weighted by Gasteiger charge is 2.45. The van der Waals surface area contributed by atoms with Crippen molar-refractivity contribution in [2.24, 2.45) is 0 Å². The van der Waals surface area contributed by atoms with Crippen molar-refractivity contribution in [3.8, 4) is 0 Å². The molecular formula is C17H21N3O3. The molecule has 0 spiro atoms. The van der Waals surface area contributed by atoms with Gasteiger partial charge in [-0.2, -0.15) is 0 Å². The van der Waals surface area contributed by atoms with E-state index in [0.717, 1.165) is 25.7 Å². The lowest BCUT2D eigenvalue weighted by Gasteiger charge is -2.28. The summed E-state index contributed by atoms with van der Waals surface area (Å²) in [5, 5.41) is 2.32. The fraction of sp³-hybridized carbons (Fsp3) is 0.588. The van der Waals surface area contributed by atoms with Crippen molar-refractivity contribution in [3.63, 3.8) is 0 Å². The van der Waals surface area contributed by atoms with Gasteiger partial charge >= 0.3 is 0 Å². The summed E-state index contributed by atoms with van der Waals surface area (Å²) in [5.41, 5.74) is 0.649. The molecule has 6 nitrogen and oxygen atoms in total. The Morgan fingerprint density at radius 2 is 1.91 bits per heavy atom. The summed E-state index contributed by atoms with van der Waals surface area (Å²) in [6.07, 6.45) is 8.47. The SMILES string of the molecule is O=C1C[C@@H](N(C(=O)c2cccn2C2CCCC2)C2CC2)C(=O)N1. The van der Waals surface area contributed by atoms with E-state index >= 15 is 0 Å². The van der Waals surface area contributed by atoms with Crippen LogP contribution in [0.1, 0.15) is 61.5 Å². The van der Waals surface area contributed by atoms with Gasteiger partial charge in [0.25, 0.3) is 5.91 Å². The Morgan fingerprint density at radius 1 is 1.17 bits per heavy atom. The van der Waals surface area contributed by atoms with Crippen LogP contribution in [0.3, 0.4) is 0 Å². The molecule has 1 atom stereocenters. The number of amides is 3. The molecule has 6 heteroatoms. The number of carbonyl (C=O) groups is 3. The van der Waals surface area contributed by atoms with E-state index in [1.807, 2.05) is 18.3 Å². The van der Waals surface area contributed by atoms with Crippen LogP contribution < -0.4 is 5.32 Å². The molecule has 3 amide bonds. The fourth-order valence-corrected chi connectivity index (χ4v) is 3.89. The quantitative estimate of drug-likeness (QED) is 0.858. The van der Waals surface area contributed by atoms with Crippen molar-refractivity contribution in [2.45, 2.75) is 63.1 Å². The lowest BCUT2D eigenvalue weighted by atomic mass is 10.1. The second kappa shape index (κ2) is 5.51. The molecule has 0 bridgehead atoms. The topological polar surface area (TPSA) is 71.4 Å². The minimum atomic E-state index is -0.644. The van der Waals surface area contributed by atoms with Crippen molar-refractivity contribution in [2.75, 3.05) is 0 Å². The van der Waals surface area contributed by atoms with Crippen molar-refractivity contribution < 1.29 is 14.4 Å². The van der Waals surface area contributed by atoms with Crippen molar-refractivity contribution in [1.82, 2.24) is 14.8 Å². The lowest BCUT2D eigenvalue weighted by molar-refractivity contribution is -0.126. The predicted molar refractivity (Wildman–Crippen MR) is 82.7 cm³/mol. The molecule has 23 heavy (non-hydrogen) atoms. The van der Waals surface area contributed by atoms with Gasteiger partial charge in [-0.3, -0.25) is 19.7 Å². The summed E-state index contributed by atoms with van der Waals surface area (Å²) in [6.45, 7) is 0. The van der Waals surface area contributed by atoms with Crippen molar-refractivity contribution >= 4 is 17.7 Å². The zero-order valence-electron chi connectivity index (χ0n) is 13.0. The molecule has 0 radical (unpaired) electrons. The summed E-state index contributed by atoms with van der Waals surface area (Å²) in [4.78, 5) is 38.3. The summed E-state index contributed by atoms with van der Waals surface area (Å²) < 4.78 is 2.07. The summed E-state index contributed by atoms with van der Waals surface area (Å²) in [7, 11) is 0. The third kappa shape index (κ3) is 2.56. The van der Waals surface area contributed by atoms with Gasteiger partial charge in [-0.15, -0.1) is 0 Å². The normalized spacial score (nSPS) is 25.0. The van der Waals surface area contributed by atoms with Crippen LogP contribution in [-0.2, 0) is 9.59 Å². The number of aromatic nitrogens is 1. The van der Waals surface area contributed by atoms with Gasteiger partial charge in [0.1, 0.15) is 11.7 Å². The van der Waals surface area contributed by atoms with Gasteiger partial charge in [0.05, 0.1) is 6.42 Å². The Kier molecular flexibility index (Phi) is 3.47. The second-order valence-electron chi connectivity index (χ2n) is 6.81. The number of carbonyl (C=O) groups excluding carboxylic acids is 3. The molecule has 3 aliphatic rings. The van der Waals surface area contributed by atoms with Crippen molar-refractivity contribution in [1.29, 1.82) is 0 Å². The Morgan fingerprint density at radius 3 is 2.52 bits per heavy atom. The first-order valence-electron chi connectivity index (χ1n) is 8.48. The molecule has 3 fully saturated rings. The maximum atomic E-state index is 13.1. The summed E-state index contributed by atoms with van der Waals surface area (Å²) >= 11 is 0. The van der Waals surface area contributed by atoms with Gasteiger partial charge in [0, 0.05) is 18.3 Å². The number of imide groups is 1. The second-order valence-corrected chi connectivity index (χ2v) is 6.81. The van der Waals surface area contributed by atoms with Crippen LogP contribution in [0.4, 0.5) is 0 Å². The highest BCUT2D eigenvalue weighted by Crippen LogP contribution is 2.35. The minimum absolute atomic E-state index is 0.0885. The number of nitrogens with one attached hydrogen (secondary N) is 1. The van der Waals surface area contributed by atoms with Crippen LogP contribution in [0.2, 0.25) is 0 Å². The summed E-state index contributed by atoms with van der Waals surface area (Å²) in [6, 6.07) is 3.57. The maximum Gasteiger partial charge on any atom is 0.271 e. The van der Waals surface area contributed by atoms with Crippen LogP contribution in [0.15, 0.2) is 18.3 Å².